The molecule has 2 aromatic heterocycles. The van der Waals surface area contributed by atoms with E-state index in [2.05, 4.69) is 10.3 Å². The van der Waals surface area contributed by atoms with Crippen LogP contribution in [0.3, 0.4) is 0 Å². The lowest BCUT2D eigenvalue weighted by molar-refractivity contribution is -0.144. The number of nitrogens with one attached hydrogen (secondary N) is 1. The minimum absolute atomic E-state index is 0.0302. The van der Waals surface area contributed by atoms with Crippen molar-refractivity contribution in [1.82, 2.24) is 14.7 Å². The van der Waals surface area contributed by atoms with Crippen LogP contribution in [0.15, 0.2) is 30.6 Å². The number of hydrogen-bond donors (Lipinski definition) is 2. The van der Waals surface area contributed by atoms with Gasteiger partial charge in [-0.1, -0.05) is 6.07 Å². The number of imidazole rings is 1. The highest BCUT2D eigenvalue weighted by Gasteiger charge is 2.30. The second kappa shape index (κ2) is 6.78. The molecule has 7 heteroatoms. The molecule has 0 aromatic carbocycles. The Kier molecular flexibility index (Phi) is 4.57. The maximum Gasteiger partial charge on any atom is 0.308 e. The largest absolute Gasteiger partial charge is 0.481 e. The molecule has 2 aromatic rings. The first-order valence-electron chi connectivity index (χ1n) is 7.67. The van der Waals surface area contributed by atoms with Crippen molar-refractivity contribution in [3.05, 3.63) is 36.3 Å². The molecule has 3 heterocycles. The quantitative estimate of drug-likeness (QED) is 0.864. The predicted molar refractivity (Wildman–Crippen MR) is 82.2 cm³/mol. The zero-order valence-corrected chi connectivity index (χ0v) is 12.6. The van der Waals surface area contributed by atoms with Gasteiger partial charge in [-0.05, 0) is 30.9 Å². The maximum atomic E-state index is 12.2. The summed E-state index contributed by atoms with van der Waals surface area (Å²) in [6, 6.07) is 5.50. The van der Waals surface area contributed by atoms with Crippen molar-refractivity contribution in [1.29, 1.82) is 0 Å². The molecule has 1 unspecified atom stereocenters. The average Bonchev–Trinajstić information content (AvgIpc) is 2.99. The van der Waals surface area contributed by atoms with Gasteiger partial charge in [0.25, 0.3) is 5.91 Å². The van der Waals surface area contributed by atoms with Crippen LogP contribution in [-0.4, -0.2) is 46.1 Å². The Morgan fingerprint density at radius 1 is 1.39 bits per heavy atom. The molecular formula is C16H19N3O4. The molecule has 0 saturated carbocycles. The fraction of sp³-hybridized carbons (Fsp3) is 0.438. The molecule has 1 aliphatic heterocycles. The number of carbonyl (C=O) groups is 2. The second-order valence-electron chi connectivity index (χ2n) is 5.70. The minimum Gasteiger partial charge on any atom is -0.481 e. The summed E-state index contributed by atoms with van der Waals surface area (Å²) in [7, 11) is 0. The van der Waals surface area contributed by atoms with Gasteiger partial charge in [0, 0.05) is 32.2 Å². The molecule has 23 heavy (non-hydrogen) atoms. The smallest absolute Gasteiger partial charge is 0.308 e. The molecule has 0 aliphatic carbocycles. The number of aliphatic carboxylic acids is 1. The zero-order valence-electron chi connectivity index (χ0n) is 12.6. The number of carboxylic acid groups (broad SMARTS) is 1. The lowest BCUT2D eigenvalue weighted by Gasteiger charge is -2.27. The summed E-state index contributed by atoms with van der Waals surface area (Å²) in [4.78, 5) is 27.9. The number of fused-ring (bicyclic) bond motifs is 1. The molecule has 1 aliphatic rings. The molecule has 122 valence electrons. The number of pyridine rings is 1. The first kappa shape index (κ1) is 15.5. The molecule has 1 amide bonds. The van der Waals surface area contributed by atoms with Gasteiger partial charge in [0.05, 0.1) is 5.92 Å². The van der Waals surface area contributed by atoms with E-state index in [-0.39, 0.29) is 24.1 Å². The van der Waals surface area contributed by atoms with Crippen LogP contribution in [0.25, 0.3) is 5.65 Å². The van der Waals surface area contributed by atoms with Crippen LogP contribution in [0.1, 0.15) is 23.3 Å². The zero-order chi connectivity index (χ0) is 16.2. The van der Waals surface area contributed by atoms with E-state index in [1.165, 1.54) is 0 Å². The third-order valence-electron chi connectivity index (χ3n) is 4.23. The van der Waals surface area contributed by atoms with Crippen molar-refractivity contribution in [2.24, 2.45) is 11.8 Å². The van der Waals surface area contributed by atoms with Gasteiger partial charge < -0.3 is 19.6 Å². The van der Waals surface area contributed by atoms with Crippen LogP contribution in [0.2, 0.25) is 0 Å². The Morgan fingerprint density at radius 3 is 2.87 bits per heavy atom. The van der Waals surface area contributed by atoms with Crippen molar-refractivity contribution in [3.8, 4) is 0 Å². The van der Waals surface area contributed by atoms with Gasteiger partial charge in [-0.3, -0.25) is 9.59 Å². The van der Waals surface area contributed by atoms with Gasteiger partial charge in [0.2, 0.25) is 0 Å². The Morgan fingerprint density at radius 2 is 2.17 bits per heavy atom. The normalized spacial score (nSPS) is 17.0. The molecule has 2 N–H and O–H groups in total. The van der Waals surface area contributed by atoms with Gasteiger partial charge in [0.1, 0.15) is 11.3 Å². The molecule has 0 bridgehead atoms. The van der Waals surface area contributed by atoms with Crippen LogP contribution in [0.5, 0.6) is 0 Å². The minimum atomic E-state index is -0.882. The van der Waals surface area contributed by atoms with Crippen LogP contribution >= 0.6 is 0 Å². The summed E-state index contributed by atoms with van der Waals surface area (Å²) in [5.74, 6) is -1.80. The van der Waals surface area contributed by atoms with Crippen molar-refractivity contribution in [3.63, 3.8) is 0 Å². The van der Waals surface area contributed by atoms with Crippen LogP contribution in [-0.2, 0) is 9.53 Å². The van der Waals surface area contributed by atoms with Crippen LogP contribution < -0.4 is 5.32 Å². The monoisotopic (exact) mass is 317 g/mol. The lowest BCUT2D eigenvalue weighted by atomic mass is 9.86. The fourth-order valence-electron chi connectivity index (χ4n) is 2.91. The summed E-state index contributed by atoms with van der Waals surface area (Å²) in [6.07, 6.45) is 4.86. The van der Waals surface area contributed by atoms with Crippen molar-refractivity contribution in [2.45, 2.75) is 12.8 Å². The molecule has 0 radical (unpaired) electrons. The van der Waals surface area contributed by atoms with Crippen molar-refractivity contribution < 1.29 is 19.4 Å². The van der Waals surface area contributed by atoms with Crippen molar-refractivity contribution >= 4 is 17.5 Å². The third-order valence-corrected chi connectivity index (χ3v) is 4.23. The Bertz CT molecular complexity index is 673. The van der Waals surface area contributed by atoms with Gasteiger partial charge in [0.15, 0.2) is 0 Å². The molecule has 7 nitrogen and oxygen atoms in total. The van der Waals surface area contributed by atoms with E-state index in [0.29, 0.717) is 31.7 Å². The fourth-order valence-corrected chi connectivity index (χ4v) is 2.91. The number of carbonyl (C=O) groups excluding carboxylic acids is 1. The highest BCUT2D eigenvalue weighted by atomic mass is 16.5. The Balaban J connectivity index is 1.65. The maximum absolute atomic E-state index is 12.2. The van der Waals surface area contributed by atoms with E-state index in [1.807, 2.05) is 12.1 Å². The van der Waals surface area contributed by atoms with Crippen LogP contribution in [0, 0.1) is 11.8 Å². The van der Waals surface area contributed by atoms with Crippen molar-refractivity contribution in [2.75, 3.05) is 19.8 Å². The molecule has 0 spiro atoms. The summed E-state index contributed by atoms with van der Waals surface area (Å²) in [5, 5.41) is 12.1. The Hall–Kier alpha value is -2.41. The summed E-state index contributed by atoms with van der Waals surface area (Å²) in [6.45, 7) is 1.26. The predicted octanol–water partition coefficient (Wildman–Crippen LogP) is 1.19. The SMILES string of the molecule is O=C(NCC(C(=O)O)C1CCOCC1)c1cn2ccccc2n1. The van der Waals surface area contributed by atoms with Crippen LogP contribution in [0.4, 0.5) is 0 Å². The standard InChI is InChI=1S/C16H19N3O4/c20-15(13-10-19-6-2-1-3-14(19)18-13)17-9-12(16(21)22)11-4-7-23-8-5-11/h1-3,6,10-12H,4-5,7-9H2,(H,17,20)(H,21,22). The van der Waals surface area contributed by atoms with Gasteiger partial charge >= 0.3 is 5.97 Å². The third kappa shape index (κ3) is 3.50. The molecule has 3 rings (SSSR count). The van der Waals surface area contributed by atoms with E-state index >= 15 is 0 Å². The first-order chi connectivity index (χ1) is 11.1. The van der Waals surface area contributed by atoms with Gasteiger partial charge in [-0.15, -0.1) is 0 Å². The van der Waals surface area contributed by atoms with E-state index in [4.69, 9.17) is 4.74 Å². The highest BCUT2D eigenvalue weighted by molar-refractivity contribution is 5.93. The lowest BCUT2D eigenvalue weighted by Crippen LogP contribution is -2.39. The number of hydrogen-bond acceptors (Lipinski definition) is 4. The molecule has 1 saturated heterocycles. The number of aromatic nitrogens is 2. The molecular weight excluding hydrogens is 298 g/mol. The first-order valence-corrected chi connectivity index (χ1v) is 7.67. The van der Waals surface area contributed by atoms with E-state index in [0.717, 1.165) is 0 Å². The summed E-state index contributed by atoms with van der Waals surface area (Å²) >= 11 is 0. The number of carboxylic acids is 1. The summed E-state index contributed by atoms with van der Waals surface area (Å²) in [5.41, 5.74) is 0.962. The molecule has 1 atom stereocenters. The second-order valence-corrected chi connectivity index (χ2v) is 5.70. The van der Waals surface area contributed by atoms with Gasteiger partial charge in [-0.2, -0.15) is 0 Å². The van der Waals surface area contributed by atoms with E-state index < -0.39 is 11.9 Å². The average molecular weight is 317 g/mol. The summed E-state index contributed by atoms with van der Waals surface area (Å²) < 4.78 is 7.02. The van der Waals surface area contributed by atoms with E-state index in [9.17, 15) is 14.7 Å². The number of nitrogens with zero attached hydrogens (tertiary/aromatic N) is 2. The number of ether oxygens (including phenoxy) is 1. The van der Waals surface area contributed by atoms with E-state index in [1.54, 1.807) is 22.9 Å². The van der Waals surface area contributed by atoms with Gasteiger partial charge in [-0.25, -0.2) is 4.98 Å². The highest BCUT2D eigenvalue weighted by Crippen LogP contribution is 2.23. The Labute approximate surface area is 133 Å². The molecule has 1 fully saturated rings. The topological polar surface area (TPSA) is 92.9 Å². The number of amides is 1. The number of rotatable bonds is 5.